The van der Waals surface area contributed by atoms with Crippen molar-refractivity contribution in [2.45, 2.75) is 0 Å². The van der Waals surface area contributed by atoms with Gasteiger partial charge < -0.3 is 9.47 Å². The highest BCUT2D eigenvalue weighted by Crippen LogP contribution is 2.33. The Labute approximate surface area is 115 Å². The first kappa shape index (κ1) is 12.1. The van der Waals surface area contributed by atoms with Crippen molar-refractivity contribution in [2.24, 2.45) is 0 Å². The summed E-state index contributed by atoms with van der Waals surface area (Å²) in [6.07, 6.45) is 0. The molecule has 1 aromatic heterocycles. The van der Waals surface area contributed by atoms with E-state index in [1.165, 1.54) is 0 Å². The molecule has 4 heteroatoms. The van der Waals surface area contributed by atoms with E-state index in [0.29, 0.717) is 5.02 Å². The zero-order valence-corrected chi connectivity index (χ0v) is 11.4. The van der Waals surface area contributed by atoms with Gasteiger partial charge >= 0.3 is 0 Å². The minimum absolute atomic E-state index is 0.682. The molecule has 0 fully saturated rings. The molecule has 3 aromatic rings. The van der Waals surface area contributed by atoms with Gasteiger partial charge in [0.25, 0.3) is 0 Å². The lowest BCUT2D eigenvalue weighted by Crippen LogP contribution is -1.89. The summed E-state index contributed by atoms with van der Waals surface area (Å²) >= 11 is 6.46. The Morgan fingerprint density at radius 1 is 0.842 bits per heavy atom. The van der Waals surface area contributed by atoms with E-state index in [9.17, 15) is 0 Å². The highest BCUT2D eigenvalue weighted by atomic mass is 35.5. The summed E-state index contributed by atoms with van der Waals surface area (Å²) in [7, 11) is 3.27. The molecule has 0 radical (unpaired) electrons. The molecule has 0 atom stereocenters. The lowest BCUT2D eigenvalue weighted by molar-refractivity contribution is 0.415. The van der Waals surface area contributed by atoms with Crippen LogP contribution in [0.25, 0.3) is 21.8 Å². The molecule has 96 valence electrons. The molecule has 3 rings (SSSR count). The fraction of sp³-hybridized carbons (Fsp3) is 0.133. The van der Waals surface area contributed by atoms with Crippen molar-refractivity contribution < 1.29 is 9.47 Å². The maximum atomic E-state index is 6.46. The van der Waals surface area contributed by atoms with Crippen LogP contribution in [0.3, 0.4) is 0 Å². The Morgan fingerprint density at radius 2 is 1.53 bits per heavy atom. The molecule has 0 aliphatic rings. The summed E-state index contributed by atoms with van der Waals surface area (Å²) in [6, 6.07) is 11.3. The minimum Gasteiger partial charge on any atom is -0.497 e. The molecule has 0 unspecified atom stereocenters. The fourth-order valence-corrected chi connectivity index (χ4v) is 2.42. The van der Waals surface area contributed by atoms with Crippen molar-refractivity contribution in [2.75, 3.05) is 14.2 Å². The van der Waals surface area contributed by atoms with Crippen LogP contribution in [0.15, 0.2) is 36.4 Å². The van der Waals surface area contributed by atoms with Crippen molar-refractivity contribution in [3.05, 3.63) is 41.4 Å². The van der Waals surface area contributed by atoms with Gasteiger partial charge in [0, 0.05) is 16.8 Å². The first-order chi connectivity index (χ1) is 9.22. The number of aromatic nitrogens is 1. The molecule has 0 amide bonds. The second kappa shape index (κ2) is 4.59. The van der Waals surface area contributed by atoms with Crippen molar-refractivity contribution in [1.29, 1.82) is 0 Å². The Bertz CT molecular complexity index is 771. The van der Waals surface area contributed by atoms with E-state index in [-0.39, 0.29) is 0 Å². The molecule has 0 saturated heterocycles. The number of pyridine rings is 1. The molecule has 0 saturated carbocycles. The van der Waals surface area contributed by atoms with Gasteiger partial charge in [-0.2, -0.15) is 0 Å². The van der Waals surface area contributed by atoms with Crippen molar-refractivity contribution in [1.82, 2.24) is 4.98 Å². The Morgan fingerprint density at radius 3 is 2.26 bits per heavy atom. The maximum Gasteiger partial charge on any atom is 0.121 e. The lowest BCUT2D eigenvalue weighted by Gasteiger charge is -2.08. The molecule has 3 nitrogen and oxygen atoms in total. The van der Waals surface area contributed by atoms with Crippen LogP contribution in [0.5, 0.6) is 11.5 Å². The summed E-state index contributed by atoms with van der Waals surface area (Å²) in [4.78, 5) is 4.60. The summed E-state index contributed by atoms with van der Waals surface area (Å²) in [5, 5.41) is 2.48. The van der Waals surface area contributed by atoms with E-state index in [1.807, 2.05) is 36.4 Å². The predicted molar refractivity (Wildman–Crippen MR) is 77.4 cm³/mol. The fourth-order valence-electron chi connectivity index (χ4n) is 2.11. The van der Waals surface area contributed by atoms with Crippen molar-refractivity contribution >= 4 is 33.4 Å². The number of hydrogen-bond donors (Lipinski definition) is 0. The predicted octanol–water partition coefficient (Wildman–Crippen LogP) is 4.06. The standard InChI is InChI=1S/C15H12ClNO2/c1-18-9-4-6-13-12(7-9)15(16)11-5-3-10(19-2)8-14(11)17-13/h3-8H,1-2H3. The van der Waals surface area contributed by atoms with Gasteiger partial charge in [0.2, 0.25) is 0 Å². The van der Waals surface area contributed by atoms with Gasteiger partial charge in [-0.25, -0.2) is 4.98 Å². The summed E-state index contributed by atoms with van der Waals surface area (Å²) in [6.45, 7) is 0. The Kier molecular flexibility index (Phi) is 2.91. The number of hydrogen-bond acceptors (Lipinski definition) is 3. The number of rotatable bonds is 2. The second-order valence-corrected chi connectivity index (χ2v) is 4.57. The van der Waals surface area contributed by atoms with Gasteiger partial charge in [-0.05, 0) is 30.3 Å². The van der Waals surface area contributed by atoms with Crippen LogP contribution < -0.4 is 9.47 Å². The molecule has 0 bridgehead atoms. The van der Waals surface area contributed by atoms with Crippen LogP contribution in [-0.2, 0) is 0 Å². The Balaban J connectivity index is 2.37. The minimum atomic E-state index is 0.682. The van der Waals surface area contributed by atoms with E-state index in [1.54, 1.807) is 14.2 Å². The summed E-state index contributed by atoms with van der Waals surface area (Å²) < 4.78 is 10.4. The van der Waals surface area contributed by atoms with Gasteiger partial charge in [0.15, 0.2) is 0 Å². The summed E-state index contributed by atoms with van der Waals surface area (Å²) in [5.41, 5.74) is 1.66. The molecule has 1 heterocycles. The van der Waals surface area contributed by atoms with Gasteiger partial charge in [-0.3, -0.25) is 0 Å². The van der Waals surface area contributed by atoms with Crippen LogP contribution in [0.1, 0.15) is 0 Å². The number of halogens is 1. The normalized spacial score (nSPS) is 10.9. The second-order valence-electron chi connectivity index (χ2n) is 4.19. The quantitative estimate of drug-likeness (QED) is 0.660. The first-order valence-electron chi connectivity index (χ1n) is 5.84. The molecule has 0 aliphatic heterocycles. The maximum absolute atomic E-state index is 6.46. The van der Waals surface area contributed by atoms with Crippen LogP contribution in [-0.4, -0.2) is 19.2 Å². The van der Waals surface area contributed by atoms with Crippen molar-refractivity contribution in [3.63, 3.8) is 0 Å². The molecular formula is C15H12ClNO2. The van der Waals surface area contributed by atoms with Crippen molar-refractivity contribution in [3.8, 4) is 11.5 Å². The third kappa shape index (κ3) is 1.96. The van der Waals surface area contributed by atoms with Crippen LogP contribution in [0, 0.1) is 0 Å². The van der Waals surface area contributed by atoms with Gasteiger partial charge in [0.1, 0.15) is 11.5 Å². The number of methoxy groups -OCH3 is 2. The van der Waals surface area contributed by atoms with E-state index in [4.69, 9.17) is 21.1 Å². The third-order valence-corrected chi connectivity index (χ3v) is 3.53. The largest absolute Gasteiger partial charge is 0.497 e. The van der Waals surface area contributed by atoms with Crippen LogP contribution in [0.4, 0.5) is 0 Å². The zero-order chi connectivity index (χ0) is 13.4. The summed E-state index contributed by atoms with van der Waals surface area (Å²) in [5.74, 6) is 1.54. The molecule has 19 heavy (non-hydrogen) atoms. The number of ether oxygens (including phenoxy) is 2. The Hall–Kier alpha value is -2.00. The zero-order valence-electron chi connectivity index (χ0n) is 10.6. The van der Waals surface area contributed by atoms with Gasteiger partial charge in [-0.15, -0.1) is 0 Å². The number of benzene rings is 2. The van der Waals surface area contributed by atoms with E-state index >= 15 is 0 Å². The molecule has 0 aliphatic carbocycles. The molecule has 0 spiro atoms. The number of nitrogens with zero attached hydrogens (tertiary/aromatic N) is 1. The average Bonchev–Trinajstić information content (AvgIpc) is 2.46. The first-order valence-corrected chi connectivity index (χ1v) is 6.21. The highest BCUT2D eigenvalue weighted by molar-refractivity contribution is 6.40. The number of fused-ring (bicyclic) bond motifs is 2. The smallest absolute Gasteiger partial charge is 0.121 e. The average molecular weight is 274 g/mol. The molecule has 2 aromatic carbocycles. The van der Waals surface area contributed by atoms with E-state index in [0.717, 1.165) is 33.3 Å². The van der Waals surface area contributed by atoms with Crippen LogP contribution >= 0.6 is 11.6 Å². The van der Waals surface area contributed by atoms with Crippen LogP contribution in [0.2, 0.25) is 5.02 Å². The lowest BCUT2D eigenvalue weighted by atomic mass is 10.1. The molecule has 0 N–H and O–H groups in total. The highest BCUT2D eigenvalue weighted by Gasteiger charge is 2.09. The van der Waals surface area contributed by atoms with E-state index in [2.05, 4.69) is 4.98 Å². The molecular weight excluding hydrogens is 262 g/mol. The monoisotopic (exact) mass is 273 g/mol. The van der Waals surface area contributed by atoms with Gasteiger partial charge in [0.05, 0.1) is 30.3 Å². The van der Waals surface area contributed by atoms with E-state index < -0.39 is 0 Å². The van der Waals surface area contributed by atoms with Gasteiger partial charge in [-0.1, -0.05) is 11.6 Å². The topological polar surface area (TPSA) is 31.4 Å². The third-order valence-electron chi connectivity index (χ3n) is 3.12. The SMILES string of the molecule is COc1ccc2c(Cl)c3cc(OC)ccc3nc2c1.